The molecule has 1 aliphatic rings. The number of nitrogens with zero attached hydrogens (tertiary/aromatic N) is 1. The molecule has 0 aromatic heterocycles. The molecule has 0 spiro atoms. The molecule has 1 aliphatic carbocycles. The quantitative estimate of drug-likeness (QED) is 0.177. The summed E-state index contributed by atoms with van der Waals surface area (Å²) in [6.45, 7) is 10.1. The van der Waals surface area contributed by atoms with E-state index in [2.05, 4.69) is 20.9 Å². The predicted octanol–water partition coefficient (Wildman–Crippen LogP) is 2.81. The van der Waals surface area contributed by atoms with Crippen LogP contribution in [0.2, 0.25) is 0 Å². The minimum Gasteiger partial charge on any atom is -0.376 e. The van der Waals surface area contributed by atoms with E-state index >= 15 is 0 Å². The molecular weight excluding hydrogens is 431 g/mol. The molecule has 25 heavy (non-hydrogen) atoms. The number of carbonyl (C=O) groups is 1. The first-order valence-corrected chi connectivity index (χ1v) is 9.35. The van der Waals surface area contributed by atoms with Crippen LogP contribution in [0.4, 0.5) is 0 Å². The molecule has 148 valence electrons. The summed E-state index contributed by atoms with van der Waals surface area (Å²) in [6.07, 6.45) is 8.02. The molecule has 1 amide bonds. The molecule has 0 heterocycles. The Hall–Kier alpha value is -0.570. The van der Waals surface area contributed by atoms with Gasteiger partial charge in [-0.15, -0.1) is 24.0 Å². The molecule has 0 atom stereocenters. The van der Waals surface area contributed by atoms with Crippen LogP contribution < -0.4 is 16.0 Å². The highest BCUT2D eigenvalue weighted by Crippen LogP contribution is 2.19. The van der Waals surface area contributed by atoms with Crippen molar-refractivity contribution in [3.05, 3.63) is 0 Å². The standard InChI is InChI=1S/C18H36N4O2.HI/c1-5-19-17(21-14-16(23)22-18(2,3)4)20-12-13-24-15-10-8-6-7-9-11-15;/h15H,5-14H2,1-4H3,(H,22,23)(H2,19,20,21);1H. The minimum atomic E-state index is -0.231. The summed E-state index contributed by atoms with van der Waals surface area (Å²) in [7, 11) is 0. The zero-order chi connectivity index (χ0) is 17.8. The molecule has 0 bridgehead atoms. The summed E-state index contributed by atoms with van der Waals surface area (Å²) >= 11 is 0. The second kappa shape index (κ2) is 13.6. The third kappa shape index (κ3) is 13.3. The van der Waals surface area contributed by atoms with E-state index in [0.29, 0.717) is 25.2 Å². The summed E-state index contributed by atoms with van der Waals surface area (Å²) < 4.78 is 5.96. The Morgan fingerprint density at radius 2 is 1.76 bits per heavy atom. The molecule has 0 unspecified atom stereocenters. The molecule has 1 saturated carbocycles. The Balaban J connectivity index is 0.00000576. The maximum atomic E-state index is 11.8. The van der Waals surface area contributed by atoms with Crippen LogP contribution in [0.5, 0.6) is 0 Å². The van der Waals surface area contributed by atoms with E-state index in [1.54, 1.807) is 0 Å². The first-order valence-electron chi connectivity index (χ1n) is 9.35. The third-order valence-electron chi connectivity index (χ3n) is 3.79. The van der Waals surface area contributed by atoms with Gasteiger partial charge in [-0.2, -0.15) is 0 Å². The SMILES string of the molecule is CCNC(=NCC(=O)NC(C)(C)C)NCCOC1CCCCCC1.I. The van der Waals surface area contributed by atoms with Crippen LogP contribution in [0.3, 0.4) is 0 Å². The highest BCUT2D eigenvalue weighted by Gasteiger charge is 2.14. The molecular formula is C18H37IN4O2. The first-order chi connectivity index (χ1) is 11.4. The van der Waals surface area contributed by atoms with Gasteiger partial charge in [-0.1, -0.05) is 25.7 Å². The first kappa shape index (κ1) is 24.4. The summed E-state index contributed by atoms with van der Waals surface area (Å²) in [5.74, 6) is 0.584. The van der Waals surface area contributed by atoms with Gasteiger partial charge in [0.1, 0.15) is 6.54 Å². The largest absolute Gasteiger partial charge is 0.376 e. The Labute approximate surface area is 170 Å². The van der Waals surface area contributed by atoms with Gasteiger partial charge in [-0.05, 0) is 40.5 Å². The number of carbonyl (C=O) groups excluding carboxylic acids is 1. The number of rotatable bonds is 7. The van der Waals surface area contributed by atoms with Crippen LogP contribution in [-0.2, 0) is 9.53 Å². The monoisotopic (exact) mass is 468 g/mol. The Bertz CT molecular complexity index is 389. The topological polar surface area (TPSA) is 74.8 Å². The number of aliphatic imine (C=N–C) groups is 1. The Morgan fingerprint density at radius 3 is 2.32 bits per heavy atom. The third-order valence-corrected chi connectivity index (χ3v) is 3.79. The van der Waals surface area contributed by atoms with Crippen molar-refractivity contribution in [3.8, 4) is 0 Å². The Kier molecular flexibility index (Phi) is 13.3. The normalized spacial score (nSPS) is 16.6. The van der Waals surface area contributed by atoms with Gasteiger partial charge in [0.15, 0.2) is 5.96 Å². The number of hydrogen-bond donors (Lipinski definition) is 3. The number of guanidine groups is 1. The lowest BCUT2D eigenvalue weighted by atomic mass is 10.1. The summed E-state index contributed by atoms with van der Waals surface area (Å²) in [6, 6.07) is 0. The van der Waals surface area contributed by atoms with Crippen molar-refractivity contribution in [3.63, 3.8) is 0 Å². The van der Waals surface area contributed by atoms with Crippen molar-refractivity contribution in [2.75, 3.05) is 26.2 Å². The van der Waals surface area contributed by atoms with Gasteiger partial charge < -0.3 is 20.7 Å². The lowest BCUT2D eigenvalue weighted by Gasteiger charge is -2.20. The number of ether oxygens (including phenoxy) is 1. The lowest BCUT2D eigenvalue weighted by molar-refractivity contribution is -0.121. The number of halogens is 1. The fourth-order valence-corrected chi connectivity index (χ4v) is 2.75. The van der Waals surface area contributed by atoms with Crippen molar-refractivity contribution in [1.29, 1.82) is 0 Å². The zero-order valence-corrected chi connectivity index (χ0v) is 18.7. The van der Waals surface area contributed by atoms with E-state index < -0.39 is 0 Å². The number of hydrogen-bond acceptors (Lipinski definition) is 3. The molecule has 3 N–H and O–H groups in total. The average Bonchev–Trinajstić information content (AvgIpc) is 2.76. The molecule has 0 radical (unpaired) electrons. The zero-order valence-electron chi connectivity index (χ0n) is 16.3. The number of nitrogens with one attached hydrogen (secondary N) is 3. The van der Waals surface area contributed by atoms with Gasteiger partial charge in [0.05, 0.1) is 12.7 Å². The summed E-state index contributed by atoms with van der Waals surface area (Å²) in [4.78, 5) is 16.2. The van der Waals surface area contributed by atoms with Crippen molar-refractivity contribution in [2.45, 2.75) is 77.9 Å². The van der Waals surface area contributed by atoms with E-state index in [9.17, 15) is 4.79 Å². The fourth-order valence-electron chi connectivity index (χ4n) is 2.75. The van der Waals surface area contributed by atoms with Gasteiger partial charge in [0.25, 0.3) is 0 Å². The van der Waals surface area contributed by atoms with Crippen molar-refractivity contribution < 1.29 is 9.53 Å². The Morgan fingerprint density at radius 1 is 1.12 bits per heavy atom. The lowest BCUT2D eigenvalue weighted by Crippen LogP contribution is -2.43. The van der Waals surface area contributed by atoms with Crippen molar-refractivity contribution >= 4 is 35.8 Å². The summed E-state index contributed by atoms with van der Waals surface area (Å²) in [5.41, 5.74) is -0.231. The fraction of sp³-hybridized carbons (Fsp3) is 0.889. The molecule has 0 aromatic rings. The minimum absolute atomic E-state index is 0. The molecule has 0 saturated heterocycles. The summed E-state index contributed by atoms with van der Waals surface area (Å²) in [5, 5.41) is 9.29. The number of amides is 1. The van der Waals surface area contributed by atoms with E-state index in [-0.39, 0.29) is 42.0 Å². The van der Waals surface area contributed by atoms with Gasteiger partial charge in [-0.25, -0.2) is 4.99 Å². The van der Waals surface area contributed by atoms with Crippen LogP contribution >= 0.6 is 24.0 Å². The second-order valence-corrected chi connectivity index (χ2v) is 7.40. The van der Waals surface area contributed by atoms with Gasteiger partial charge in [0, 0.05) is 18.6 Å². The van der Waals surface area contributed by atoms with Crippen LogP contribution in [0.25, 0.3) is 0 Å². The maximum absolute atomic E-state index is 11.8. The van der Waals surface area contributed by atoms with Crippen LogP contribution in [-0.4, -0.2) is 49.8 Å². The van der Waals surface area contributed by atoms with Crippen molar-refractivity contribution in [2.24, 2.45) is 4.99 Å². The highest BCUT2D eigenvalue weighted by atomic mass is 127. The van der Waals surface area contributed by atoms with E-state index in [1.807, 2.05) is 27.7 Å². The van der Waals surface area contributed by atoms with E-state index in [0.717, 1.165) is 6.54 Å². The van der Waals surface area contributed by atoms with Crippen LogP contribution in [0.15, 0.2) is 4.99 Å². The van der Waals surface area contributed by atoms with Gasteiger partial charge in [0.2, 0.25) is 5.91 Å². The smallest absolute Gasteiger partial charge is 0.242 e. The van der Waals surface area contributed by atoms with Crippen LogP contribution in [0.1, 0.15) is 66.2 Å². The van der Waals surface area contributed by atoms with Gasteiger partial charge >= 0.3 is 0 Å². The van der Waals surface area contributed by atoms with E-state index in [1.165, 1.54) is 38.5 Å². The molecule has 6 nitrogen and oxygen atoms in total. The predicted molar refractivity (Wildman–Crippen MR) is 115 cm³/mol. The van der Waals surface area contributed by atoms with Crippen molar-refractivity contribution in [1.82, 2.24) is 16.0 Å². The molecule has 0 aliphatic heterocycles. The molecule has 1 rings (SSSR count). The molecule has 0 aromatic carbocycles. The second-order valence-electron chi connectivity index (χ2n) is 7.40. The van der Waals surface area contributed by atoms with E-state index in [4.69, 9.17) is 4.74 Å². The average molecular weight is 468 g/mol. The molecule has 7 heteroatoms. The molecule has 1 fully saturated rings. The maximum Gasteiger partial charge on any atom is 0.242 e. The highest BCUT2D eigenvalue weighted by molar-refractivity contribution is 14.0. The van der Waals surface area contributed by atoms with Gasteiger partial charge in [-0.3, -0.25) is 4.79 Å². The van der Waals surface area contributed by atoms with Crippen LogP contribution in [0, 0.1) is 0 Å².